The van der Waals surface area contributed by atoms with Crippen LogP contribution in [-0.2, 0) is 14.8 Å². The van der Waals surface area contributed by atoms with E-state index < -0.39 is 10.0 Å². The van der Waals surface area contributed by atoms with Gasteiger partial charge in [-0.1, -0.05) is 13.8 Å². The van der Waals surface area contributed by atoms with E-state index in [1.54, 1.807) is 4.90 Å². The van der Waals surface area contributed by atoms with Gasteiger partial charge < -0.3 is 10.2 Å². The number of nitrogens with one attached hydrogen (secondary N) is 2. The molecule has 1 unspecified atom stereocenters. The predicted octanol–water partition coefficient (Wildman–Crippen LogP) is -0.475. The van der Waals surface area contributed by atoms with Crippen molar-refractivity contribution in [3.8, 4) is 0 Å². The van der Waals surface area contributed by atoms with Crippen molar-refractivity contribution in [1.82, 2.24) is 14.9 Å². The van der Waals surface area contributed by atoms with Crippen LogP contribution in [0.1, 0.15) is 26.7 Å². The minimum atomic E-state index is -3.13. The SMILES string of the molecule is CC(C)NC1CCN(CCCNS(C)(=O)=O)C1=O. The average molecular weight is 277 g/mol. The molecule has 0 aliphatic carbocycles. The van der Waals surface area contributed by atoms with Crippen molar-refractivity contribution in [2.24, 2.45) is 0 Å². The Balaban J connectivity index is 2.26. The highest BCUT2D eigenvalue weighted by Gasteiger charge is 2.30. The zero-order valence-electron chi connectivity index (χ0n) is 11.3. The summed E-state index contributed by atoms with van der Waals surface area (Å²) in [6.45, 7) is 5.78. The molecule has 1 saturated heterocycles. The number of rotatable bonds is 7. The fourth-order valence-electron chi connectivity index (χ4n) is 2.05. The van der Waals surface area contributed by atoms with Crippen molar-refractivity contribution < 1.29 is 13.2 Å². The van der Waals surface area contributed by atoms with Crippen molar-refractivity contribution in [3.05, 3.63) is 0 Å². The fourth-order valence-corrected chi connectivity index (χ4v) is 2.56. The lowest BCUT2D eigenvalue weighted by atomic mass is 10.2. The maximum atomic E-state index is 12.0. The molecule has 0 spiro atoms. The second kappa shape index (κ2) is 6.49. The summed E-state index contributed by atoms with van der Waals surface area (Å²) >= 11 is 0. The van der Waals surface area contributed by atoms with Crippen molar-refractivity contribution in [2.45, 2.75) is 38.8 Å². The molecule has 1 atom stereocenters. The molecule has 6 nitrogen and oxygen atoms in total. The van der Waals surface area contributed by atoms with Gasteiger partial charge in [-0.3, -0.25) is 4.79 Å². The van der Waals surface area contributed by atoms with Crippen molar-refractivity contribution in [1.29, 1.82) is 0 Å². The Kier molecular flexibility index (Phi) is 5.55. The van der Waals surface area contributed by atoms with Gasteiger partial charge >= 0.3 is 0 Å². The molecule has 106 valence electrons. The van der Waals surface area contributed by atoms with Gasteiger partial charge in [0, 0.05) is 25.7 Å². The molecule has 1 amide bonds. The van der Waals surface area contributed by atoms with Crippen LogP contribution in [0.2, 0.25) is 0 Å². The van der Waals surface area contributed by atoms with Crippen LogP contribution in [0.25, 0.3) is 0 Å². The Morgan fingerprint density at radius 3 is 2.67 bits per heavy atom. The van der Waals surface area contributed by atoms with Crippen molar-refractivity contribution >= 4 is 15.9 Å². The van der Waals surface area contributed by atoms with E-state index in [2.05, 4.69) is 10.0 Å². The largest absolute Gasteiger partial charge is 0.341 e. The topological polar surface area (TPSA) is 78.5 Å². The maximum absolute atomic E-state index is 12.0. The first kappa shape index (κ1) is 15.4. The Labute approximate surface area is 109 Å². The number of hydrogen-bond donors (Lipinski definition) is 2. The third-order valence-corrected chi connectivity index (χ3v) is 3.53. The minimum absolute atomic E-state index is 0.0760. The van der Waals surface area contributed by atoms with Gasteiger partial charge in [-0.2, -0.15) is 0 Å². The van der Waals surface area contributed by atoms with E-state index in [4.69, 9.17) is 0 Å². The monoisotopic (exact) mass is 277 g/mol. The molecule has 2 N–H and O–H groups in total. The average Bonchev–Trinajstić information content (AvgIpc) is 2.54. The second-order valence-electron chi connectivity index (χ2n) is 5.01. The number of sulfonamides is 1. The maximum Gasteiger partial charge on any atom is 0.239 e. The van der Waals surface area contributed by atoms with Crippen LogP contribution in [0, 0.1) is 0 Å². The molecule has 0 radical (unpaired) electrons. The molecular weight excluding hydrogens is 254 g/mol. The van der Waals surface area contributed by atoms with Crippen LogP contribution < -0.4 is 10.0 Å². The van der Waals surface area contributed by atoms with E-state index in [0.29, 0.717) is 25.6 Å². The number of likely N-dealkylation sites (tertiary alicyclic amines) is 1. The first-order valence-electron chi connectivity index (χ1n) is 6.29. The Bertz CT molecular complexity index is 381. The summed E-state index contributed by atoms with van der Waals surface area (Å²) in [6.07, 6.45) is 2.61. The number of carbonyl (C=O) groups is 1. The van der Waals surface area contributed by atoms with E-state index in [0.717, 1.165) is 19.2 Å². The number of amides is 1. The molecule has 18 heavy (non-hydrogen) atoms. The highest BCUT2D eigenvalue weighted by molar-refractivity contribution is 7.88. The Hall–Kier alpha value is -0.660. The minimum Gasteiger partial charge on any atom is -0.341 e. The summed E-state index contributed by atoms with van der Waals surface area (Å²) in [5.41, 5.74) is 0. The molecule has 0 saturated carbocycles. The van der Waals surface area contributed by atoms with E-state index >= 15 is 0 Å². The lowest BCUT2D eigenvalue weighted by Gasteiger charge is -2.18. The van der Waals surface area contributed by atoms with Crippen molar-refractivity contribution in [2.75, 3.05) is 25.9 Å². The number of hydrogen-bond acceptors (Lipinski definition) is 4. The summed E-state index contributed by atoms with van der Waals surface area (Å²) in [6, 6.07) is 0.221. The van der Waals surface area contributed by atoms with E-state index in [1.807, 2.05) is 13.8 Å². The molecule has 0 aromatic carbocycles. The zero-order valence-corrected chi connectivity index (χ0v) is 12.1. The normalized spacial score (nSPS) is 21.0. The van der Waals surface area contributed by atoms with Crippen LogP contribution >= 0.6 is 0 Å². The standard InChI is InChI=1S/C11H23N3O3S/c1-9(2)13-10-5-8-14(11(10)15)7-4-6-12-18(3,16)17/h9-10,12-13H,4-8H2,1-3H3. The van der Waals surface area contributed by atoms with Gasteiger partial charge in [-0.25, -0.2) is 13.1 Å². The van der Waals surface area contributed by atoms with Crippen LogP contribution in [0.5, 0.6) is 0 Å². The Morgan fingerprint density at radius 1 is 1.44 bits per heavy atom. The van der Waals surface area contributed by atoms with Crippen LogP contribution in [0.3, 0.4) is 0 Å². The quantitative estimate of drug-likeness (QED) is 0.616. The molecule has 0 bridgehead atoms. The van der Waals surface area contributed by atoms with Gasteiger partial charge in [0.15, 0.2) is 0 Å². The highest BCUT2D eigenvalue weighted by Crippen LogP contribution is 2.11. The van der Waals surface area contributed by atoms with Gasteiger partial charge in [-0.15, -0.1) is 0 Å². The second-order valence-corrected chi connectivity index (χ2v) is 6.84. The molecule has 0 aromatic heterocycles. The molecule has 7 heteroatoms. The Morgan fingerprint density at radius 2 is 2.11 bits per heavy atom. The van der Waals surface area contributed by atoms with E-state index in [9.17, 15) is 13.2 Å². The summed E-state index contributed by atoms with van der Waals surface area (Å²) in [5, 5.41) is 3.23. The van der Waals surface area contributed by atoms with E-state index in [-0.39, 0.29) is 11.9 Å². The van der Waals surface area contributed by atoms with Crippen LogP contribution in [-0.4, -0.2) is 57.2 Å². The number of nitrogens with zero attached hydrogens (tertiary/aromatic N) is 1. The molecule has 1 heterocycles. The summed E-state index contributed by atoms with van der Waals surface area (Å²) in [4.78, 5) is 13.8. The van der Waals surface area contributed by atoms with Crippen LogP contribution in [0.4, 0.5) is 0 Å². The summed E-state index contributed by atoms with van der Waals surface area (Å²) in [7, 11) is -3.13. The van der Waals surface area contributed by atoms with Gasteiger partial charge in [0.1, 0.15) is 0 Å². The molecule has 1 aliphatic rings. The molecule has 1 aliphatic heterocycles. The lowest BCUT2D eigenvalue weighted by Crippen LogP contribution is -2.42. The van der Waals surface area contributed by atoms with E-state index in [1.165, 1.54) is 0 Å². The van der Waals surface area contributed by atoms with Gasteiger partial charge in [0.2, 0.25) is 15.9 Å². The first-order chi connectivity index (χ1) is 8.29. The summed E-state index contributed by atoms with van der Waals surface area (Å²) < 4.78 is 24.1. The number of carbonyl (C=O) groups excluding carboxylic acids is 1. The van der Waals surface area contributed by atoms with Gasteiger partial charge in [-0.05, 0) is 12.8 Å². The van der Waals surface area contributed by atoms with Crippen LogP contribution in [0.15, 0.2) is 0 Å². The fraction of sp³-hybridized carbons (Fsp3) is 0.909. The highest BCUT2D eigenvalue weighted by atomic mass is 32.2. The molecular formula is C11H23N3O3S. The molecule has 1 rings (SSSR count). The molecule has 0 aromatic rings. The van der Waals surface area contributed by atoms with Crippen molar-refractivity contribution in [3.63, 3.8) is 0 Å². The summed E-state index contributed by atoms with van der Waals surface area (Å²) in [5.74, 6) is 0.128. The zero-order chi connectivity index (χ0) is 13.8. The third kappa shape index (κ3) is 5.32. The molecule has 1 fully saturated rings. The van der Waals surface area contributed by atoms with Gasteiger partial charge in [0.25, 0.3) is 0 Å². The predicted molar refractivity (Wildman–Crippen MR) is 70.7 cm³/mol. The lowest BCUT2D eigenvalue weighted by molar-refractivity contribution is -0.129. The first-order valence-corrected chi connectivity index (χ1v) is 8.18. The smallest absolute Gasteiger partial charge is 0.239 e. The van der Waals surface area contributed by atoms with Gasteiger partial charge in [0.05, 0.1) is 12.3 Å². The third-order valence-electron chi connectivity index (χ3n) is 2.80.